The van der Waals surface area contributed by atoms with E-state index in [1.807, 2.05) is 48.7 Å². The summed E-state index contributed by atoms with van der Waals surface area (Å²) in [4.78, 5) is 18.0. The van der Waals surface area contributed by atoms with Crippen molar-refractivity contribution in [3.63, 3.8) is 0 Å². The number of aromatic nitrogens is 1. The van der Waals surface area contributed by atoms with Gasteiger partial charge in [0, 0.05) is 36.4 Å². The molecule has 1 fully saturated rings. The van der Waals surface area contributed by atoms with Crippen molar-refractivity contribution in [2.75, 3.05) is 25.1 Å². The Morgan fingerprint density at radius 3 is 3.00 bits per heavy atom. The van der Waals surface area contributed by atoms with Gasteiger partial charge in [-0.15, -0.1) is 0 Å². The third-order valence-corrected chi connectivity index (χ3v) is 4.77. The van der Waals surface area contributed by atoms with Gasteiger partial charge in [-0.25, -0.2) is 0 Å². The molecule has 25 heavy (non-hydrogen) atoms. The number of amides is 1. The first-order chi connectivity index (χ1) is 12.2. The van der Waals surface area contributed by atoms with Gasteiger partial charge in [0.1, 0.15) is 5.75 Å². The minimum atomic E-state index is -0.0247. The molecule has 1 aliphatic heterocycles. The second-order valence-corrected chi connectivity index (χ2v) is 6.36. The molecular weight excluding hydrogens is 314 g/mol. The number of rotatable bonds is 4. The third kappa shape index (κ3) is 3.05. The van der Waals surface area contributed by atoms with Crippen molar-refractivity contribution in [3.05, 3.63) is 60.3 Å². The Morgan fingerprint density at radius 1 is 1.24 bits per heavy atom. The highest BCUT2D eigenvalue weighted by atomic mass is 16.5. The molecule has 1 aliphatic rings. The second kappa shape index (κ2) is 6.51. The summed E-state index contributed by atoms with van der Waals surface area (Å²) in [6.45, 7) is 1.69. The quantitative estimate of drug-likeness (QED) is 0.770. The zero-order chi connectivity index (χ0) is 17.2. The minimum Gasteiger partial charge on any atom is -0.495 e. The van der Waals surface area contributed by atoms with Gasteiger partial charge in [-0.2, -0.15) is 0 Å². The second-order valence-electron chi connectivity index (χ2n) is 6.36. The molecule has 2 N–H and O–H groups in total. The van der Waals surface area contributed by atoms with E-state index in [-0.39, 0.29) is 11.9 Å². The van der Waals surface area contributed by atoms with E-state index >= 15 is 0 Å². The first kappa shape index (κ1) is 15.6. The maximum Gasteiger partial charge on any atom is 0.251 e. The number of carbonyl (C=O) groups excluding carboxylic acids is 1. The summed E-state index contributed by atoms with van der Waals surface area (Å²) in [5, 5.41) is 4.26. The first-order valence-electron chi connectivity index (χ1n) is 8.50. The highest BCUT2D eigenvalue weighted by Crippen LogP contribution is 2.30. The molecule has 2 heterocycles. The Balaban J connectivity index is 1.44. The van der Waals surface area contributed by atoms with Gasteiger partial charge in [0.25, 0.3) is 5.91 Å². The molecule has 1 atom stereocenters. The van der Waals surface area contributed by atoms with E-state index in [4.69, 9.17) is 4.74 Å². The number of nitrogens with zero attached hydrogens (tertiary/aromatic N) is 1. The Hall–Kier alpha value is -2.95. The molecule has 2 aromatic carbocycles. The molecule has 5 heteroatoms. The van der Waals surface area contributed by atoms with Crippen molar-refractivity contribution < 1.29 is 9.53 Å². The lowest BCUT2D eigenvalue weighted by Gasteiger charge is -2.21. The van der Waals surface area contributed by atoms with Crippen LogP contribution in [0.3, 0.4) is 0 Å². The van der Waals surface area contributed by atoms with E-state index < -0.39 is 0 Å². The molecule has 0 radical (unpaired) electrons. The van der Waals surface area contributed by atoms with Gasteiger partial charge in [0.15, 0.2) is 0 Å². The Kier molecular flexibility index (Phi) is 4.06. The molecule has 5 nitrogen and oxygen atoms in total. The predicted molar refractivity (Wildman–Crippen MR) is 99.4 cm³/mol. The number of benzene rings is 2. The number of methoxy groups -OCH3 is 1. The van der Waals surface area contributed by atoms with Crippen LogP contribution in [0.15, 0.2) is 54.7 Å². The summed E-state index contributed by atoms with van der Waals surface area (Å²) in [5.74, 6) is 0.843. The largest absolute Gasteiger partial charge is 0.495 e. The lowest BCUT2D eigenvalue weighted by atomic mass is 10.1. The van der Waals surface area contributed by atoms with Crippen LogP contribution >= 0.6 is 0 Å². The summed E-state index contributed by atoms with van der Waals surface area (Å²) in [6, 6.07) is 15.9. The van der Waals surface area contributed by atoms with E-state index in [0.29, 0.717) is 5.56 Å². The van der Waals surface area contributed by atoms with Crippen LogP contribution in [0.1, 0.15) is 16.8 Å². The van der Waals surface area contributed by atoms with E-state index in [2.05, 4.69) is 21.3 Å². The van der Waals surface area contributed by atoms with Crippen LogP contribution in [0.4, 0.5) is 5.69 Å². The Morgan fingerprint density at radius 2 is 2.12 bits per heavy atom. The molecule has 1 aromatic heterocycles. The number of hydrogen-bond acceptors (Lipinski definition) is 3. The lowest BCUT2D eigenvalue weighted by molar-refractivity contribution is 0.0940. The highest BCUT2D eigenvalue weighted by molar-refractivity contribution is 5.98. The standard InChI is InChI=1S/C20H21N3O2/c1-25-19-5-3-2-4-18(19)23-11-9-16(13-23)22-20(24)15-7-6-14-8-10-21-17(14)12-15/h2-8,10,12,16,21H,9,11,13H2,1H3,(H,22,24). The van der Waals surface area contributed by atoms with Crippen molar-refractivity contribution >= 4 is 22.5 Å². The molecule has 0 bridgehead atoms. The molecule has 1 saturated heterocycles. The monoisotopic (exact) mass is 335 g/mol. The summed E-state index contributed by atoms with van der Waals surface area (Å²) in [6.07, 6.45) is 2.81. The number of anilines is 1. The fraction of sp³-hybridized carbons (Fsp3) is 0.250. The van der Waals surface area contributed by atoms with Gasteiger partial charge in [-0.05, 0) is 42.1 Å². The summed E-state index contributed by atoms with van der Waals surface area (Å²) in [7, 11) is 1.69. The van der Waals surface area contributed by atoms with Crippen molar-refractivity contribution in [2.45, 2.75) is 12.5 Å². The van der Waals surface area contributed by atoms with Crippen LogP contribution in [0.25, 0.3) is 10.9 Å². The van der Waals surface area contributed by atoms with Gasteiger partial charge in [0.2, 0.25) is 0 Å². The van der Waals surface area contributed by atoms with Crippen molar-refractivity contribution in [3.8, 4) is 5.75 Å². The van der Waals surface area contributed by atoms with Crippen LogP contribution in [-0.4, -0.2) is 37.1 Å². The molecule has 1 unspecified atom stereocenters. The fourth-order valence-corrected chi connectivity index (χ4v) is 3.45. The number of aromatic amines is 1. The highest BCUT2D eigenvalue weighted by Gasteiger charge is 2.26. The SMILES string of the molecule is COc1ccccc1N1CCC(NC(=O)c2ccc3cc[nH]c3c2)C1. The molecule has 0 saturated carbocycles. The van der Waals surface area contributed by atoms with Crippen LogP contribution in [0.2, 0.25) is 0 Å². The molecule has 1 amide bonds. The van der Waals surface area contributed by atoms with Gasteiger partial charge in [-0.1, -0.05) is 18.2 Å². The average Bonchev–Trinajstić information content (AvgIpc) is 3.30. The van der Waals surface area contributed by atoms with Crippen LogP contribution in [-0.2, 0) is 0 Å². The number of H-pyrrole nitrogens is 1. The lowest BCUT2D eigenvalue weighted by Crippen LogP contribution is -2.37. The van der Waals surface area contributed by atoms with Gasteiger partial charge in [0.05, 0.1) is 12.8 Å². The van der Waals surface area contributed by atoms with Gasteiger partial charge >= 0.3 is 0 Å². The molecule has 128 valence electrons. The average molecular weight is 335 g/mol. The maximum atomic E-state index is 12.6. The number of ether oxygens (including phenoxy) is 1. The molecular formula is C20H21N3O2. The number of fused-ring (bicyclic) bond motifs is 1. The zero-order valence-electron chi connectivity index (χ0n) is 14.2. The molecule has 0 aliphatic carbocycles. The van der Waals surface area contributed by atoms with E-state index in [0.717, 1.165) is 41.9 Å². The normalized spacial score (nSPS) is 17.0. The molecule has 4 rings (SSSR count). The first-order valence-corrected chi connectivity index (χ1v) is 8.50. The van der Waals surface area contributed by atoms with Crippen molar-refractivity contribution in [2.24, 2.45) is 0 Å². The number of hydrogen-bond donors (Lipinski definition) is 2. The van der Waals surface area contributed by atoms with E-state index in [9.17, 15) is 4.79 Å². The predicted octanol–water partition coefficient (Wildman–Crippen LogP) is 3.19. The van der Waals surface area contributed by atoms with Crippen LogP contribution in [0.5, 0.6) is 5.75 Å². The number of para-hydroxylation sites is 2. The topological polar surface area (TPSA) is 57.4 Å². The maximum absolute atomic E-state index is 12.6. The minimum absolute atomic E-state index is 0.0247. The van der Waals surface area contributed by atoms with Gasteiger partial charge < -0.3 is 19.9 Å². The summed E-state index contributed by atoms with van der Waals surface area (Å²) >= 11 is 0. The smallest absolute Gasteiger partial charge is 0.251 e. The Bertz CT molecular complexity index is 903. The van der Waals surface area contributed by atoms with Crippen LogP contribution < -0.4 is 15.0 Å². The van der Waals surface area contributed by atoms with Gasteiger partial charge in [-0.3, -0.25) is 4.79 Å². The molecule has 3 aromatic rings. The molecule has 0 spiro atoms. The zero-order valence-corrected chi connectivity index (χ0v) is 14.2. The summed E-state index contributed by atoms with van der Waals surface area (Å²) < 4.78 is 5.44. The third-order valence-electron chi connectivity index (χ3n) is 4.77. The van der Waals surface area contributed by atoms with E-state index in [1.54, 1.807) is 7.11 Å². The summed E-state index contributed by atoms with van der Waals surface area (Å²) in [5.41, 5.74) is 2.75. The van der Waals surface area contributed by atoms with E-state index in [1.165, 1.54) is 0 Å². The number of carbonyl (C=O) groups is 1. The van der Waals surface area contributed by atoms with Crippen LogP contribution in [0, 0.1) is 0 Å². The number of nitrogens with one attached hydrogen (secondary N) is 2. The Labute approximate surface area is 146 Å². The van der Waals surface area contributed by atoms with Crippen molar-refractivity contribution in [1.82, 2.24) is 10.3 Å². The van der Waals surface area contributed by atoms with Crippen molar-refractivity contribution in [1.29, 1.82) is 0 Å². The fourth-order valence-electron chi connectivity index (χ4n) is 3.45.